The minimum atomic E-state index is -0.0504. The predicted molar refractivity (Wildman–Crippen MR) is 82.1 cm³/mol. The maximum Gasteiger partial charge on any atom is 0.252 e. The van der Waals surface area contributed by atoms with Crippen molar-refractivity contribution in [1.82, 2.24) is 5.32 Å². The zero-order valence-electron chi connectivity index (χ0n) is 11.1. The van der Waals surface area contributed by atoms with Crippen LogP contribution in [-0.4, -0.2) is 12.5 Å². The summed E-state index contributed by atoms with van der Waals surface area (Å²) in [4.78, 5) is 12.0. The van der Waals surface area contributed by atoms with Crippen molar-refractivity contribution < 1.29 is 4.79 Å². The summed E-state index contributed by atoms with van der Waals surface area (Å²) < 4.78 is 0.684. The summed E-state index contributed by atoms with van der Waals surface area (Å²) in [5.41, 5.74) is 6.98. The third-order valence-corrected chi connectivity index (χ3v) is 4.71. The van der Waals surface area contributed by atoms with Crippen molar-refractivity contribution >= 4 is 27.5 Å². The summed E-state index contributed by atoms with van der Waals surface area (Å²) in [7, 11) is 0. The van der Waals surface area contributed by atoms with Gasteiger partial charge in [0.2, 0.25) is 0 Å². The summed E-state index contributed by atoms with van der Waals surface area (Å²) >= 11 is 3.36. The van der Waals surface area contributed by atoms with E-state index in [1.807, 2.05) is 0 Å². The van der Waals surface area contributed by atoms with Crippen LogP contribution in [-0.2, 0) is 0 Å². The number of hydrogen-bond acceptors (Lipinski definition) is 2. The lowest BCUT2D eigenvalue weighted by Crippen LogP contribution is -2.25. The van der Waals surface area contributed by atoms with Crippen molar-refractivity contribution in [2.75, 3.05) is 12.3 Å². The minimum Gasteiger partial charge on any atom is -0.398 e. The lowest BCUT2D eigenvalue weighted by molar-refractivity contribution is 0.0951. The van der Waals surface area contributed by atoms with Gasteiger partial charge in [0, 0.05) is 12.2 Å². The van der Waals surface area contributed by atoms with E-state index in [4.69, 9.17) is 5.73 Å². The zero-order valence-corrected chi connectivity index (χ0v) is 12.7. The Bertz CT molecular complexity index is 442. The molecular weight excluding hydrogens is 304 g/mol. The summed E-state index contributed by atoms with van der Waals surface area (Å²) in [6.45, 7) is 0.747. The predicted octanol–water partition coefficient (Wildman–Crippen LogP) is 3.73. The Kier molecular flexibility index (Phi) is 5.25. The van der Waals surface area contributed by atoms with Gasteiger partial charge < -0.3 is 11.1 Å². The van der Waals surface area contributed by atoms with E-state index >= 15 is 0 Å². The first kappa shape index (κ1) is 14.4. The molecular formula is C15H21BrN2O. The molecule has 1 aliphatic rings. The fourth-order valence-corrected chi connectivity index (χ4v) is 3.16. The Labute approximate surface area is 123 Å². The van der Waals surface area contributed by atoms with E-state index in [-0.39, 0.29) is 5.91 Å². The van der Waals surface area contributed by atoms with Gasteiger partial charge in [-0.05, 0) is 46.8 Å². The summed E-state index contributed by atoms with van der Waals surface area (Å²) in [5, 5.41) is 2.97. The largest absolute Gasteiger partial charge is 0.398 e. The van der Waals surface area contributed by atoms with Gasteiger partial charge in [-0.15, -0.1) is 0 Å². The lowest BCUT2D eigenvalue weighted by atomic mass is 10.0. The fourth-order valence-electron chi connectivity index (χ4n) is 2.71. The van der Waals surface area contributed by atoms with Crippen LogP contribution in [0.2, 0.25) is 0 Å². The summed E-state index contributed by atoms with van der Waals surface area (Å²) in [6.07, 6.45) is 7.80. The van der Waals surface area contributed by atoms with E-state index in [9.17, 15) is 4.79 Å². The molecule has 1 aromatic carbocycles. The molecule has 0 unspecified atom stereocenters. The highest BCUT2D eigenvalue weighted by atomic mass is 79.9. The van der Waals surface area contributed by atoms with Gasteiger partial charge in [-0.1, -0.05) is 31.7 Å². The average molecular weight is 325 g/mol. The van der Waals surface area contributed by atoms with Gasteiger partial charge in [-0.3, -0.25) is 4.79 Å². The molecule has 0 aromatic heterocycles. The Morgan fingerprint density at radius 2 is 2.11 bits per heavy atom. The van der Waals surface area contributed by atoms with E-state index in [2.05, 4.69) is 21.2 Å². The number of carbonyl (C=O) groups excluding carboxylic acids is 1. The molecule has 0 bridgehead atoms. The molecule has 1 amide bonds. The van der Waals surface area contributed by atoms with E-state index in [1.165, 1.54) is 32.1 Å². The van der Waals surface area contributed by atoms with Gasteiger partial charge in [0.05, 0.1) is 10.0 Å². The molecule has 2 rings (SSSR count). The highest BCUT2D eigenvalue weighted by Crippen LogP contribution is 2.28. The number of hydrogen-bond donors (Lipinski definition) is 2. The molecule has 104 valence electrons. The average Bonchev–Trinajstić information content (AvgIpc) is 2.91. The summed E-state index contributed by atoms with van der Waals surface area (Å²) in [5.74, 6) is 0.835. The van der Waals surface area contributed by atoms with E-state index in [0.29, 0.717) is 15.7 Å². The molecule has 19 heavy (non-hydrogen) atoms. The Morgan fingerprint density at radius 3 is 2.84 bits per heavy atom. The van der Waals surface area contributed by atoms with Crippen LogP contribution in [0.5, 0.6) is 0 Å². The normalized spacial score (nSPS) is 15.6. The van der Waals surface area contributed by atoms with Crippen molar-refractivity contribution in [1.29, 1.82) is 0 Å². The van der Waals surface area contributed by atoms with Crippen LogP contribution in [0.4, 0.5) is 5.69 Å². The Morgan fingerprint density at radius 1 is 1.37 bits per heavy atom. The van der Waals surface area contributed by atoms with Crippen LogP contribution in [0.1, 0.15) is 48.9 Å². The molecule has 4 heteroatoms. The van der Waals surface area contributed by atoms with E-state index < -0.39 is 0 Å². The quantitative estimate of drug-likeness (QED) is 0.640. The number of nitrogen functional groups attached to an aromatic ring is 1. The molecule has 0 saturated heterocycles. The fraction of sp³-hybridized carbons (Fsp3) is 0.533. The maximum atomic E-state index is 12.0. The molecule has 0 radical (unpaired) electrons. The van der Waals surface area contributed by atoms with Gasteiger partial charge in [-0.25, -0.2) is 0 Å². The molecule has 3 nitrogen and oxygen atoms in total. The first-order chi connectivity index (χ1) is 9.18. The topological polar surface area (TPSA) is 55.1 Å². The Hall–Kier alpha value is -1.03. The highest BCUT2D eigenvalue weighted by Gasteiger charge is 2.15. The molecule has 0 aliphatic heterocycles. The van der Waals surface area contributed by atoms with E-state index in [0.717, 1.165) is 18.9 Å². The van der Waals surface area contributed by atoms with Crippen LogP contribution in [0.15, 0.2) is 22.7 Å². The molecule has 1 fully saturated rings. The number of anilines is 1. The summed E-state index contributed by atoms with van der Waals surface area (Å²) in [6, 6.07) is 5.36. The second kappa shape index (κ2) is 6.94. The molecule has 0 heterocycles. The van der Waals surface area contributed by atoms with Crippen LogP contribution in [0.3, 0.4) is 0 Å². The lowest BCUT2D eigenvalue weighted by Gasteiger charge is -2.10. The molecule has 1 saturated carbocycles. The van der Waals surface area contributed by atoms with Gasteiger partial charge in [0.25, 0.3) is 5.91 Å². The number of nitrogens with one attached hydrogen (secondary N) is 1. The van der Waals surface area contributed by atoms with Crippen molar-refractivity contribution in [3.63, 3.8) is 0 Å². The van der Waals surface area contributed by atoms with Crippen molar-refractivity contribution in [2.45, 2.75) is 38.5 Å². The van der Waals surface area contributed by atoms with Crippen molar-refractivity contribution in [3.8, 4) is 0 Å². The van der Waals surface area contributed by atoms with Gasteiger partial charge in [0.1, 0.15) is 0 Å². The minimum absolute atomic E-state index is 0.0504. The van der Waals surface area contributed by atoms with Crippen molar-refractivity contribution in [2.24, 2.45) is 5.92 Å². The SMILES string of the molecule is Nc1cccc(C(=O)NCCCC2CCCC2)c1Br. The van der Waals surface area contributed by atoms with Gasteiger partial charge in [-0.2, -0.15) is 0 Å². The second-order valence-electron chi connectivity index (χ2n) is 5.26. The van der Waals surface area contributed by atoms with Crippen LogP contribution >= 0.6 is 15.9 Å². The molecule has 1 aliphatic carbocycles. The zero-order chi connectivity index (χ0) is 13.7. The molecule has 0 spiro atoms. The number of nitrogens with two attached hydrogens (primary N) is 1. The molecule has 3 N–H and O–H groups in total. The van der Waals surface area contributed by atoms with Crippen molar-refractivity contribution in [3.05, 3.63) is 28.2 Å². The van der Waals surface area contributed by atoms with Crippen LogP contribution in [0.25, 0.3) is 0 Å². The number of carbonyl (C=O) groups is 1. The van der Waals surface area contributed by atoms with E-state index in [1.54, 1.807) is 18.2 Å². The second-order valence-corrected chi connectivity index (χ2v) is 6.05. The molecule has 1 aromatic rings. The third-order valence-electron chi connectivity index (χ3n) is 3.82. The number of halogens is 1. The molecule has 0 atom stereocenters. The first-order valence-corrected chi connectivity index (χ1v) is 7.80. The first-order valence-electron chi connectivity index (χ1n) is 7.00. The van der Waals surface area contributed by atoms with Crippen LogP contribution in [0, 0.1) is 5.92 Å². The number of amides is 1. The monoisotopic (exact) mass is 324 g/mol. The van der Waals surface area contributed by atoms with Gasteiger partial charge in [0.15, 0.2) is 0 Å². The number of rotatable bonds is 5. The Balaban J connectivity index is 1.76. The third kappa shape index (κ3) is 3.96. The standard InChI is InChI=1S/C15H21BrN2O/c16-14-12(8-3-9-13(14)17)15(19)18-10-4-7-11-5-1-2-6-11/h3,8-9,11H,1-2,4-7,10,17H2,(H,18,19). The number of benzene rings is 1. The van der Waals surface area contributed by atoms with Gasteiger partial charge >= 0.3 is 0 Å². The van der Waals surface area contributed by atoms with Crippen LogP contribution < -0.4 is 11.1 Å². The highest BCUT2D eigenvalue weighted by molar-refractivity contribution is 9.10. The maximum absolute atomic E-state index is 12.0. The smallest absolute Gasteiger partial charge is 0.252 e.